The molecular weight excluding hydrogens is 528 g/mol. The molecule has 4 aromatic carbocycles. The van der Waals surface area contributed by atoms with Gasteiger partial charge in [-0.2, -0.15) is 5.26 Å². The van der Waals surface area contributed by atoms with Crippen molar-refractivity contribution in [2.24, 2.45) is 0 Å². The summed E-state index contributed by atoms with van der Waals surface area (Å²) in [6.07, 6.45) is 1.54. The molecule has 0 bridgehead atoms. The highest BCUT2D eigenvalue weighted by Crippen LogP contribution is 2.38. The lowest BCUT2D eigenvalue weighted by Gasteiger charge is -2.16. The lowest BCUT2D eigenvalue weighted by atomic mass is 10.1. The van der Waals surface area contributed by atoms with Crippen molar-refractivity contribution in [1.29, 1.82) is 5.26 Å². The summed E-state index contributed by atoms with van der Waals surface area (Å²) in [4.78, 5) is 12.8. The normalized spacial score (nSPS) is 11.2. The van der Waals surface area contributed by atoms with Gasteiger partial charge in [-0.15, -0.1) is 0 Å². The number of hydrogen-bond acceptors (Lipinski definition) is 4. The summed E-state index contributed by atoms with van der Waals surface area (Å²) >= 11 is 3.59. The molecule has 1 amide bonds. The van der Waals surface area contributed by atoms with Crippen LogP contribution < -0.4 is 14.8 Å². The third-order valence-corrected chi connectivity index (χ3v) is 6.61. The standard InChI is InChI=1S/C31H27BrN2O3/c1-4-36-29-17-22(15-25(18-33)31(35)34-26-13-12-20(2)21(3)14-26)16-28(32)30(29)37-19-24-10-7-9-23-8-5-6-11-27(23)24/h5-17H,4,19H2,1-3H3,(H,34,35)/b25-15+. The van der Waals surface area contributed by atoms with E-state index >= 15 is 0 Å². The van der Waals surface area contributed by atoms with Crippen molar-refractivity contribution in [3.63, 3.8) is 0 Å². The van der Waals surface area contributed by atoms with Gasteiger partial charge in [0.15, 0.2) is 11.5 Å². The Labute approximate surface area is 225 Å². The van der Waals surface area contributed by atoms with Crippen molar-refractivity contribution < 1.29 is 14.3 Å². The third kappa shape index (κ3) is 6.19. The van der Waals surface area contributed by atoms with Crippen LogP contribution in [0.1, 0.15) is 29.2 Å². The number of anilines is 1. The second kappa shape index (κ2) is 11.8. The summed E-state index contributed by atoms with van der Waals surface area (Å²) in [5, 5.41) is 14.8. The molecule has 0 heterocycles. The predicted molar refractivity (Wildman–Crippen MR) is 152 cm³/mol. The van der Waals surface area contributed by atoms with Gasteiger partial charge in [0.25, 0.3) is 5.91 Å². The molecule has 0 saturated carbocycles. The second-order valence-corrected chi connectivity index (χ2v) is 9.47. The van der Waals surface area contributed by atoms with Crippen LogP contribution in [0, 0.1) is 25.2 Å². The number of carbonyl (C=O) groups is 1. The Morgan fingerprint density at radius 3 is 2.54 bits per heavy atom. The van der Waals surface area contributed by atoms with E-state index in [2.05, 4.69) is 39.4 Å². The summed E-state index contributed by atoms with van der Waals surface area (Å²) in [6, 6.07) is 25.5. The van der Waals surface area contributed by atoms with E-state index in [4.69, 9.17) is 9.47 Å². The van der Waals surface area contributed by atoms with Crippen molar-refractivity contribution in [2.45, 2.75) is 27.4 Å². The Hall–Kier alpha value is -4.08. The topological polar surface area (TPSA) is 71.3 Å². The highest BCUT2D eigenvalue weighted by atomic mass is 79.9. The van der Waals surface area contributed by atoms with Gasteiger partial charge in [-0.3, -0.25) is 4.79 Å². The molecule has 4 aromatic rings. The summed E-state index contributed by atoms with van der Waals surface area (Å²) < 4.78 is 12.7. The van der Waals surface area contributed by atoms with Gasteiger partial charge in [-0.05, 0) is 100 Å². The first-order valence-corrected chi connectivity index (χ1v) is 12.7. The van der Waals surface area contributed by atoms with Gasteiger partial charge in [0, 0.05) is 5.69 Å². The van der Waals surface area contributed by atoms with E-state index in [1.165, 1.54) is 6.08 Å². The van der Waals surface area contributed by atoms with Crippen molar-refractivity contribution in [3.05, 3.63) is 105 Å². The van der Waals surface area contributed by atoms with Crippen molar-refractivity contribution >= 4 is 44.4 Å². The summed E-state index contributed by atoms with van der Waals surface area (Å²) in [6.45, 7) is 6.66. The van der Waals surface area contributed by atoms with E-state index in [1.807, 2.05) is 75.4 Å². The molecule has 4 rings (SSSR count). The maximum absolute atomic E-state index is 12.8. The van der Waals surface area contributed by atoms with Gasteiger partial charge in [0.1, 0.15) is 18.2 Å². The smallest absolute Gasteiger partial charge is 0.266 e. The zero-order chi connectivity index (χ0) is 26.4. The number of nitrogens with one attached hydrogen (secondary N) is 1. The molecule has 5 nitrogen and oxygen atoms in total. The summed E-state index contributed by atoms with van der Waals surface area (Å²) in [5.74, 6) is 0.608. The first-order valence-electron chi connectivity index (χ1n) is 12.0. The molecule has 186 valence electrons. The highest BCUT2D eigenvalue weighted by molar-refractivity contribution is 9.10. The fraction of sp³-hybridized carbons (Fsp3) is 0.161. The lowest BCUT2D eigenvalue weighted by molar-refractivity contribution is -0.112. The molecule has 0 atom stereocenters. The Balaban J connectivity index is 1.59. The SMILES string of the molecule is CCOc1cc(/C=C(\C#N)C(=O)Nc2ccc(C)c(C)c2)cc(Br)c1OCc1cccc2ccccc12. The number of nitriles is 1. The molecule has 1 N–H and O–H groups in total. The minimum Gasteiger partial charge on any atom is -0.490 e. The zero-order valence-corrected chi connectivity index (χ0v) is 22.6. The van der Waals surface area contributed by atoms with Gasteiger partial charge in [0.05, 0.1) is 11.1 Å². The van der Waals surface area contributed by atoms with Crippen LogP contribution in [0.5, 0.6) is 11.5 Å². The van der Waals surface area contributed by atoms with Gasteiger partial charge >= 0.3 is 0 Å². The quantitative estimate of drug-likeness (QED) is 0.178. The number of benzene rings is 4. The maximum Gasteiger partial charge on any atom is 0.266 e. The summed E-state index contributed by atoms with van der Waals surface area (Å²) in [7, 11) is 0. The van der Waals surface area contributed by atoms with E-state index in [-0.39, 0.29) is 5.57 Å². The largest absolute Gasteiger partial charge is 0.490 e. The van der Waals surface area contributed by atoms with Crippen molar-refractivity contribution in [2.75, 3.05) is 11.9 Å². The number of amides is 1. The van der Waals surface area contributed by atoms with Crippen LogP contribution in [0.4, 0.5) is 5.69 Å². The first kappa shape index (κ1) is 26.0. The van der Waals surface area contributed by atoms with Crippen LogP contribution in [0.15, 0.2) is 82.8 Å². The van der Waals surface area contributed by atoms with Crippen LogP contribution in [-0.2, 0) is 11.4 Å². The third-order valence-electron chi connectivity index (χ3n) is 6.02. The Morgan fingerprint density at radius 1 is 1.00 bits per heavy atom. The van der Waals surface area contributed by atoms with Crippen LogP contribution in [-0.4, -0.2) is 12.5 Å². The molecule has 0 aliphatic heterocycles. The van der Waals surface area contributed by atoms with Crippen molar-refractivity contribution in [1.82, 2.24) is 0 Å². The molecule has 0 fully saturated rings. The van der Waals surface area contributed by atoms with Crippen LogP contribution in [0.2, 0.25) is 0 Å². The number of ether oxygens (including phenoxy) is 2. The molecule has 6 heteroatoms. The van der Waals surface area contributed by atoms with E-state index in [0.29, 0.717) is 40.4 Å². The fourth-order valence-electron chi connectivity index (χ4n) is 3.98. The van der Waals surface area contributed by atoms with Gasteiger partial charge in [-0.1, -0.05) is 48.5 Å². The molecule has 0 radical (unpaired) electrons. The monoisotopic (exact) mass is 554 g/mol. The number of halogens is 1. The van der Waals surface area contributed by atoms with Gasteiger partial charge < -0.3 is 14.8 Å². The summed E-state index contributed by atoms with van der Waals surface area (Å²) in [5.41, 5.74) is 4.51. The molecule has 0 aromatic heterocycles. The number of hydrogen-bond donors (Lipinski definition) is 1. The molecular formula is C31H27BrN2O3. The maximum atomic E-state index is 12.8. The van der Waals surface area contributed by atoms with E-state index in [9.17, 15) is 10.1 Å². The second-order valence-electron chi connectivity index (χ2n) is 8.61. The predicted octanol–water partition coefficient (Wildman–Crippen LogP) is 7.74. The number of aryl methyl sites for hydroxylation is 2. The average Bonchev–Trinajstić information content (AvgIpc) is 2.89. The minimum atomic E-state index is -0.476. The van der Waals surface area contributed by atoms with E-state index < -0.39 is 5.91 Å². The van der Waals surface area contributed by atoms with Gasteiger partial charge in [0.2, 0.25) is 0 Å². The number of fused-ring (bicyclic) bond motifs is 1. The van der Waals surface area contributed by atoms with Gasteiger partial charge in [-0.25, -0.2) is 0 Å². The molecule has 0 aliphatic rings. The number of rotatable bonds is 8. The van der Waals surface area contributed by atoms with Crippen molar-refractivity contribution in [3.8, 4) is 17.6 Å². The van der Waals surface area contributed by atoms with Crippen LogP contribution in [0.25, 0.3) is 16.8 Å². The average molecular weight is 555 g/mol. The molecule has 0 unspecified atom stereocenters. The molecule has 0 spiro atoms. The number of carbonyl (C=O) groups excluding carboxylic acids is 1. The Bertz CT molecular complexity index is 1530. The Kier molecular flexibility index (Phi) is 8.27. The van der Waals surface area contributed by atoms with E-state index in [1.54, 1.807) is 6.07 Å². The minimum absolute atomic E-state index is 0.0167. The highest BCUT2D eigenvalue weighted by Gasteiger charge is 2.15. The van der Waals surface area contributed by atoms with E-state index in [0.717, 1.165) is 27.5 Å². The lowest BCUT2D eigenvalue weighted by Crippen LogP contribution is -2.13. The fourth-order valence-corrected chi connectivity index (χ4v) is 4.55. The van der Waals surface area contributed by atoms with Crippen LogP contribution >= 0.6 is 15.9 Å². The van der Waals surface area contributed by atoms with Crippen LogP contribution in [0.3, 0.4) is 0 Å². The zero-order valence-electron chi connectivity index (χ0n) is 21.0. The molecule has 0 saturated heterocycles. The molecule has 0 aliphatic carbocycles. The Morgan fingerprint density at radius 2 is 1.78 bits per heavy atom. The molecule has 37 heavy (non-hydrogen) atoms. The number of nitrogens with zero attached hydrogens (tertiary/aromatic N) is 1. The first-order chi connectivity index (χ1) is 17.9.